The highest BCUT2D eigenvalue weighted by Gasteiger charge is 2.24. The lowest BCUT2D eigenvalue weighted by Crippen LogP contribution is -2.42. The van der Waals surface area contributed by atoms with Crippen LogP contribution in [0.5, 0.6) is 0 Å². The van der Waals surface area contributed by atoms with Gasteiger partial charge in [-0.25, -0.2) is 0 Å². The number of nitrogens with zero attached hydrogens (tertiary/aromatic N) is 1. The van der Waals surface area contributed by atoms with Gasteiger partial charge in [0.05, 0.1) is 12.7 Å². The summed E-state index contributed by atoms with van der Waals surface area (Å²) in [6.07, 6.45) is 4.11. The molecule has 0 aromatic heterocycles. The molecule has 0 amide bonds. The van der Waals surface area contributed by atoms with Crippen molar-refractivity contribution in [2.75, 3.05) is 19.7 Å². The summed E-state index contributed by atoms with van der Waals surface area (Å²) in [7, 11) is 0. The third-order valence-electron chi connectivity index (χ3n) is 4.09. The van der Waals surface area contributed by atoms with Gasteiger partial charge in [-0.05, 0) is 31.7 Å². The number of hydrogen-bond donors (Lipinski definition) is 2. The Kier molecular flexibility index (Phi) is 5.37. The average Bonchev–Trinajstić information content (AvgIpc) is 2.33. The molecule has 1 unspecified atom stereocenters. The van der Waals surface area contributed by atoms with E-state index in [1.807, 2.05) is 31.2 Å². The molecule has 1 saturated carbocycles. The number of hydrogen-bond acceptors (Lipinski definition) is 3. The van der Waals surface area contributed by atoms with E-state index < -0.39 is 6.10 Å². The SMILES string of the molecule is Cc1cccc(C(O)CCN(CCO)C2CCC2)c1. The zero-order valence-electron chi connectivity index (χ0n) is 11.8. The van der Waals surface area contributed by atoms with Crippen LogP contribution in [0.15, 0.2) is 24.3 Å². The van der Waals surface area contributed by atoms with Gasteiger partial charge in [-0.2, -0.15) is 0 Å². The predicted octanol–water partition coefficient (Wildman–Crippen LogP) is 2.27. The van der Waals surface area contributed by atoms with Crippen LogP contribution in [-0.4, -0.2) is 40.9 Å². The fourth-order valence-corrected chi connectivity index (χ4v) is 2.69. The molecule has 1 fully saturated rings. The zero-order chi connectivity index (χ0) is 13.7. The molecular weight excluding hydrogens is 238 g/mol. The van der Waals surface area contributed by atoms with Crippen molar-refractivity contribution in [2.24, 2.45) is 0 Å². The summed E-state index contributed by atoms with van der Waals surface area (Å²) in [6, 6.07) is 8.69. The number of aliphatic hydroxyl groups is 2. The normalized spacial score (nSPS) is 17.5. The Labute approximate surface area is 115 Å². The van der Waals surface area contributed by atoms with Crippen LogP contribution in [0, 0.1) is 6.92 Å². The maximum absolute atomic E-state index is 10.2. The highest BCUT2D eigenvalue weighted by Crippen LogP contribution is 2.26. The van der Waals surface area contributed by atoms with Gasteiger partial charge in [-0.1, -0.05) is 36.2 Å². The Morgan fingerprint density at radius 2 is 2.11 bits per heavy atom. The van der Waals surface area contributed by atoms with Gasteiger partial charge < -0.3 is 10.2 Å². The zero-order valence-corrected chi connectivity index (χ0v) is 11.8. The van der Waals surface area contributed by atoms with Crippen LogP contribution in [0.4, 0.5) is 0 Å². The molecule has 1 aromatic carbocycles. The van der Waals surface area contributed by atoms with Crippen molar-refractivity contribution in [3.05, 3.63) is 35.4 Å². The molecular formula is C16H25NO2. The van der Waals surface area contributed by atoms with E-state index in [9.17, 15) is 5.11 Å². The molecule has 0 spiro atoms. The van der Waals surface area contributed by atoms with Crippen molar-refractivity contribution in [1.82, 2.24) is 4.90 Å². The van der Waals surface area contributed by atoms with E-state index in [0.717, 1.165) is 25.1 Å². The summed E-state index contributed by atoms with van der Waals surface area (Å²) in [5.41, 5.74) is 2.18. The summed E-state index contributed by atoms with van der Waals surface area (Å²) in [5.74, 6) is 0. The van der Waals surface area contributed by atoms with E-state index in [1.54, 1.807) is 0 Å². The largest absolute Gasteiger partial charge is 0.395 e. The second-order valence-electron chi connectivity index (χ2n) is 5.56. The van der Waals surface area contributed by atoms with Crippen molar-refractivity contribution in [3.8, 4) is 0 Å². The van der Waals surface area contributed by atoms with Crippen LogP contribution < -0.4 is 0 Å². The minimum Gasteiger partial charge on any atom is -0.395 e. The van der Waals surface area contributed by atoms with Crippen LogP contribution in [0.1, 0.15) is 42.9 Å². The Balaban J connectivity index is 1.85. The minimum atomic E-state index is -0.402. The van der Waals surface area contributed by atoms with Crippen LogP contribution in [0.2, 0.25) is 0 Å². The van der Waals surface area contributed by atoms with E-state index >= 15 is 0 Å². The van der Waals surface area contributed by atoms with Gasteiger partial charge in [0.15, 0.2) is 0 Å². The smallest absolute Gasteiger partial charge is 0.0802 e. The van der Waals surface area contributed by atoms with Crippen molar-refractivity contribution in [3.63, 3.8) is 0 Å². The Bertz CT molecular complexity index is 390. The first-order valence-electron chi connectivity index (χ1n) is 7.30. The second-order valence-corrected chi connectivity index (χ2v) is 5.56. The maximum atomic E-state index is 10.2. The third-order valence-corrected chi connectivity index (χ3v) is 4.09. The Hall–Kier alpha value is -0.900. The second kappa shape index (κ2) is 7.04. The summed E-state index contributed by atoms with van der Waals surface area (Å²) in [4.78, 5) is 2.32. The number of rotatable bonds is 7. The number of aliphatic hydroxyl groups excluding tert-OH is 2. The lowest BCUT2D eigenvalue weighted by atomic mass is 9.91. The van der Waals surface area contributed by atoms with Gasteiger partial charge in [-0.3, -0.25) is 4.90 Å². The van der Waals surface area contributed by atoms with E-state index in [0.29, 0.717) is 6.04 Å². The summed E-state index contributed by atoms with van der Waals surface area (Å²) in [5, 5.41) is 19.4. The molecule has 0 heterocycles. The molecule has 1 aliphatic rings. The monoisotopic (exact) mass is 263 g/mol. The summed E-state index contributed by atoms with van der Waals surface area (Å²) < 4.78 is 0. The molecule has 106 valence electrons. The summed E-state index contributed by atoms with van der Waals surface area (Å²) in [6.45, 7) is 3.84. The van der Waals surface area contributed by atoms with Gasteiger partial charge in [0.25, 0.3) is 0 Å². The number of aryl methyl sites for hydroxylation is 1. The van der Waals surface area contributed by atoms with Crippen molar-refractivity contribution < 1.29 is 10.2 Å². The Morgan fingerprint density at radius 1 is 1.32 bits per heavy atom. The van der Waals surface area contributed by atoms with E-state index in [2.05, 4.69) is 4.90 Å². The minimum absolute atomic E-state index is 0.205. The van der Waals surface area contributed by atoms with Crippen LogP contribution >= 0.6 is 0 Å². The molecule has 0 radical (unpaired) electrons. The van der Waals surface area contributed by atoms with Crippen LogP contribution in [0.25, 0.3) is 0 Å². The summed E-state index contributed by atoms with van der Waals surface area (Å²) >= 11 is 0. The van der Waals surface area contributed by atoms with Crippen molar-refractivity contribution in [2.45, 2.75) is 44.8 Å². The van der Waals surface area contributed by atoms with Gasteiger partial charge in [0, 0.05) is 19.1 Å². The molecule has 3 heteroatoms. The van der Waals surface area contributed by atoms with Gasteiger partial charge in [0.2, 0.25) is 0 Å². The highest BCUT2D eigenvalue weighted by molar-refractivity contribution is 5.23. The quantitative estimate of drug-likeness (QED) is 0.793. The van der Waals surface area contributed by atoms with Crippen molar-refractivity contribution in [1.29, 1.82) is 0 Å². The first-order valence-corrected chi connectivity index (χ1v) is 7.30. The Morgan fingerprint density at radius 3 is 2.68 bits per heavy atom. The fourth-order valence-electron chi connectivity index (χ4n) is 2.69. The molecule has 0 aliphatic heterocycles. The van der Waals surface area contributed by atoms with Crippen LogP contribution in [0.3, 0.4) is 0 Å². The lowest BCUT2D eigenvalue weighted by Gasteiger charge is -2.37. The molecule has 1 aromatic rings. The molecule has 2 N–H and O–H groups in total. The van der Waals surface area contributed by atoms with Crippen molar-refractivity contribution >= 4 is 0 Å². The first-order chi connectivity index (χ1) is 9.20. The van der Waals surface area contributed by atoms with Gasteiger partial charge in [0.1, 0.15) is 0 Å². The molecule has 2 rings (SSSR count). The van der Waals surface area contributed by atoms with E-state index in [-0.39, 0.29) is 6.61 Å². The molecule has 19 heavy (non-hydrogen) atoms. The molecule has 1 aliphatic carbocycles. The number of benzene rings is 1. The van der Waals surface area contributed by atoms with Gasteiger partial charge >= 0.3 is 0 Å². The average molecular weight is 263 g/mol. The third kappa shape index (κ3) is 4.03. The first kappa shape index (κ1) is 14.5. The topological polar surface area (TPSA) is 43.7 Å². The standard InChI is InChI=1S/C16H25NO2/c1-13-4-2-5-14(12-13)16(19)8-9-17(10-11-18)15-6-3-7-15/h2,4-5,12,15-16,18-19H,3,6-11H2,1H3. The predicted molar refractivity (Wildman–Crippen MR) is 77.1 cm³/mol. The molecule has 3 nitrogen and oxygen atoms in total. The van der Waals surface area contributed by atoms with E-state index in [4.69, 9.17) is 5.11 Å². The van der Waals surface area contributed by atoms with E-state index in [1.165, 1.54) is 24.8 Å². The van der Waals surface area contributed by atoms with Crippen LogP contribution in [-0.2, 0) is 0 Å². The maximum Gasteiger partial charge on any atom is 0.0802 e. The fraction of sp³-hybridized carbons (Fsp3) is 0.625. The molecule has 0 saturated heterocycles. The lowest BCUT2D eigenvalue weighted by molar-refractivity contribution is 0.0765. The highest BCUT2D eigenvalue weighted by atomic mass is 16.3. The molecule has 0 bridgehead atoms. The molecule has 1 atom stereocenters. The van der Waals surface area contributed by atoms with Gasteiger partial charge in [-0.15, -0.1) is 0 Å².